The lowest BCUT2D eigenvalue weighted by atomic mass is 10.1. The molecule has 0 saturated heterocycles. The van der Waals surface area contributed by atoms with Gasteiger partial charge >= 0.3 is 5.69 Å². The van der Waals surface area contributed by atoms with Crippen LogP contribution in [0.15, 0.2) is 70.7 Å². The van der Waals surface area contributed by atoms with E-state index in [0.29, 0.717) is 4.47 Å². The molecular formula is C22H12BrN5O8. The molecule has 0 saturated carbocycles. The van der Waals surface area contributed by atoms with E-state index < -0.39 is 37.6 Å². The summed E-state index contributed by atoms with van der Waals surface area (Å²) in [6.45, 7) is 0. The zero-order valence-electron chi connectivity index (χ0n) is 17.8. The van der Waals surface area contributed by atoms with Crippen LogP contribution in [0.3, 0.4) is 0 Å². The second kappa shape index (κ2) is 10.8. The van der Waals surface area contributed by atoms with Gasteiger partial charge in [-0.2, -0.15) is 5.26 Å². The highest BCUT2D eigenvalue weighted by atomic mass is 79.9. The summed E-state index contributed by atoms with van der Waals surface area (Å²) in [6.07, 6.45) is 1.16. The standard InChI is InChI=1S/C22H12BrN5O8/c23-15-4-6-20(36-21-7-5-18(27(32)33)11-19(21)28(34)35)13(9-15)8-14(12-24)22(29)25-16-2-1-3-17(10-16)26(30)31/h1-11H,(H,25,29)/b14-8+. The van der Waals surface area contributed by atoms with Crippen LogP contribution in [-0.4, -0.2) is 20.7 Å². The zero-order valence-corrected chi connectivity index (χ0v) is 19.4. The number of nitrogens with zero attached hydrogens (tertiary/aromatic N) is 4. The first kappa shape index (κ1) is 25.5. The van der Waals surface area contributed by atoms with Crippen molar-refractivity contribution >= 4 is 50.7 Å². The van der Waals surface area contributed by atoms with Crippen molar-refractivity contribution in [2.45, 2.75) is 0 Å². The molecule has 3 aromatic carbocycles. The normalized spacial score (nSPS) is 10.7. The highest BCUT2D eigenvalue weighted by Gasteiger charge is 2.22. The van der Waals surface area contributed by atoms with Crippen molar-refractivity contribution in [3.63, 3.8) is 0 Å². The van der Waals surface area contributed by atoms with E-state index in [1.165, 1.54) is 30.3 Å². The maximum absolute atomic E-state index is 12.7. The molecule has 3 rings (SSSR count). The molecule has 0 bridgehead atoms. The van der Waals surface area contributed by atoms with Gasteiger partial charge in [0.1, 0.15) is 17.4 Å². The molecule has 0 aliphatic rings. The number of nitro benzene ring substituents is 3. The van der Waals surface area contributed by atoms with E-state index in [1.54, 1.807) is 12.1 Å². The van der Waals surface area contributed by atoms with Crippen molar-refractivity contribution in [2.75, 3.05) is 5.32 Å². The van der Waals surface area contributed by atoms with E-state index in [4.69, 9.17) is 4.74 Å². The average molecular weight is 554 g/mol. The average Bonchev–Trinajstić information content (AvgIpc) is 2.83. The minimum atomic E-state index is -0.870. The Labute approximate surface area is 209 Å². The van der Waals surface area contributed by atoms with E-state index in [2.05, 4.69) is 21.2 Å². The number of hydrogen-bond donors (Lipinski definition) is 1. The molecule has 0 fully saturated rings. The predicted molar refractivity (Wildman–Crippen MR) is 129 cm³/mol. The van der Waals surface area contributed by atoms with Gasteiger partial charge in [-0.15, -0.1) is 0 Å². The molecule has 3 aromatic rings. The summed E-state index contributed by atoms with van der Waals surface area (Å²) < 4.78 is 6.16. The van der Waals surface area contributed by atoms with E-state index in [0.717, 1.165) is 30.3 Å². The monoisotopic (exact) mass is 553 g/mol. The summed E-state index contributed by atoms with van der Waals surface area (Å²) in [7, 11) is 0. The molecule has 36 heavy (non-hydrogen) atoms. The topological polar surface area (TPSA) is 192 Å². The van der Waals surface area contributed by atoms with Crippen molar-refractivity contribution in [1.82, 2.24) is 0 Å². The maximum atomic E-state index is 12.7. The molecule has 1 amide bonds. The van der Waals surface area contributed by atoms with Gasteiger partial charge in [0.25, 0.3) is 17.3 Å². The van der Waals surface area contributed by atoms with E-state index >= 15 is 0 Å². The molecule has 0 aliphatic heterocycles. The van der Waals surface area contributed by atoms with Gasteiger partial charge in [0.2, 0.25) is 5.75 Å². The first-order valence-corrected chi connectivity index (χ1v) is 10.5. The minimum absolute atomic E-state index is 0.00560. The third-order valence-corrected chi connectivity index (χ3v) is 5.01. The second-order valence-corrected chi connectivity index (χ2v) is 7.80. The van der Waals surface area contributed by atoms with Gasteiger partial charge in [-0.1, -0.05) is 22.0 Å². The smallest absolute Gasteiger partial charge is 0.318 e. The lowest BCUT2D eigenvalue weighted by Crippen LogP contribution is -2.13. The summed E-state index contributed by atoms with van der Waals surface area (Å²) in [5, 5.41) is 45.3. The molecule has 0 atom stereocenters. The lowest BCUT2D eigenvalue weighted by molar-refractivity contribution is -0.394. The molecule has 13 nitrogen and oxygen atoms in total. The fourth-order valence-corrected chi connectivity index (χ4v) is 3.27. The number of halogens is 1. The van der Waals surface area contributed by atoms with Crippen molar-refractivity contribution in [3.8, 4) is 17.6 Å². The fraction of sp³-hybridized carbons (Fsp3) is 0. The van der Waals surface area contributed by atoms with Crippen LogP contribution >= 0.6 is 15.9 Å². The molecular weight excluding hydrogens is 542 g/mol. The van der Waals surface area contributed by atoms with Crippen molar-refractivity contribution in [1.29, 1.82) is 5.26 Å². The molecule has 0 radical (unpaired) electrons. The number of carbonyl (C=O) groups excluding carboxylic acids is 1. The number of nitro groups is 3. The minimum Gasteiger partial charge on any atom is -0.449 e. The first-order chi connectivity index (χ1) is 17.1. The van der Waals surface area contributed by atoms with Crippen molar-refractivity contribution < 1.29 is 24.3 Å². The SMILES string of the molecule is N#C/C(=C\c1cc(Br)ccc1Oc1ccc([N+](=O)[O-])cc1[N+](=O)[O-])C(=O)Nc1cccc([N+](=O)[O-])c1. The Morgan fingerprint density at radius 3 is 2.22 bits per heavy atom. The number of nitrogens with one attached hydrogen (secondary N) is 1. The van der Waals surface area contributed by atoms with Gasteiger partial charge in [-0.05, 0) is 36.4 Å². The van der Waals surface area contributed by atoms with Gasteiger partial charge < -0.3 is 10.1 Å². The highest BCUT2D eigenvalue weighted by Crippen LogP contribution is 2.37. The van der Waals surface area contributed by atoms with Gasteiger partial charge in [-0.25, -0.2) is 0 Å². The highest BCUT2D eigenvalue weighted by molar-refractivity contribution is 9.10. The Balaban J connectivity index is 1.97. The quantitative estimate of drug-likeness (QED) is 0.162. The molecule has 0 spiro atoms. The molecule has 0 aromatic heterocycles. The zero-order chi connectivity index (χ0) is 26.4. The maximum Gasteiger partial charge on any atom is 0.318 e. The molecule has 14 heteroatoms. The number of benzene rings is 3. The number of ether oxygens (including phenoxy) is 1. The van der Waals surface area contributed by atoms with E-state index in [9.17, 15) is 40.4 Å². The van der Waals surface area contributed by atoms with Crippen LogP contribution in [-0.2, 0) is 4.79 Å². The van der Waals surface area contributed by atoms with Crippen LogP contribution in [0.5, 0.6) is 11.5 Å². The molecule has 0 aliphatic carbocycles. The first-order valence-electron chi connectivity index (χ1n) is 9.67. The van der Waals surface area contributed by atoms with E-state index in [1.807, 2.05) is 0 Å². The summed E-state index contributed by atoms with van der Waals surface area (Å²) in [5.41, 5.74) is -1.57. The molecule has 0 heterocycles. The summed E-state index contributed by atoms with van der Waals surface area (Å²) in [4.78, 5) is 43.7. The largest absolute Gasteiger partial charge is 0.449 e. The van der Waals surface area contributed by atoms with Crippen LogP contribution in [0.25, 0.3) is 6.08 Å². The Hall–Kier alpha value is -5.16. The van der Waals surface area contributed by atoms with Crippen molar-refractivity contribution in [3.05, 3.63) is 107 Å². The Bertz CT molecular complexity index is 1480. The van der Waals surface area contributed by atoms with Gasteiger partial charge in [-0.3, -0.25) is 35.1 Å². The number of hydrogen-bond acceptors (Lipinski definition) is 9. The molecule has 0 unspecified atom stereocenters. The van der Waals surface area contributed by atoms with Gasteiger partial charge in [0.05, 0.1) is 20.8 Å². The Kier molecular flexibility index (Phi) is 7.67. The van der Waals surface area contributed by atoms with Crippen LogP contribution < -0.4 is 10.1 Å². The van der Waals surface area contributed by atoms with Crippen molar-refractivity contribution in [2.24, 2.45) is 0 Å². The predicted octanol–water partition coefficient (Wildman–Crippen LogP) is 5.51. The lowest BCUT2D eigenvalue weighted by Gasteiger charge is -2.10. The van der Waals surface area contributed by atoms with E-state index in [-0.39, 0.29) is 28.4 Å². The number of anilines is 1. The third kappa shape index (κ3) is 6.04. The Morgan fingerprint density at radius 2 is 1.58 bits per heavy atom. The number of rotatable bonds is 8. The summed E-state index contributed by atoms with van der Waals surface area (Å²) >= 11 is 3.25. The van der Waals surface area contributed by atoms with Gasteiger partial charge in [0, 0.05) is 33.9 Å². The third-order valence-electron chi connectivity index (χ3n) is 4.52. The van der Waals surface area contributed by atoms with Gasteiger partial charge in [0.15, 0.2) is 0 Å². The Morgan fingerprint density at radius 1 is 0.917 bits per heavy atom. The molecule has 1 N–H and O–H groups in total. The summed E-state index contributed by atoms with van der Waals surface area (Å²) in [5.74, 6) is -1.17. The van der Waals surface area contributed by atoms with Crippen LogP contribution in [0.2, 0.25) is 0 Å². The fourth-order valence-electron chi connectivity index (χ4n) is 2.89. The second-order valence-electron chi connectivity index (χ2n) is 6.88. The number of carbonyl (C=O) groups is 1. The van der Waals surface area contributed by atoms with Crippen LogP contribution in [0.1, 0.15) is 5.56 Å². The number of non-ortho nitro benzene ring substituents is 2. The number of amides is 1. The molecule has 180 valence electrons. The summed E-state index contributed by atoms with van der Waals surface area (Å²) in [6, 6.07) is 14.1. The van der Waals surface area contributed by atoms with Crippen LogP contribution in [0, 0.1) is 41.7 Å². The number of nitriles is 1. The van der Waals surface area contributed by atoms with Crippen LogP contribution in [0.4, 0.5) is 22.7 Å².